The van der Waals surface area contributed by atoms with Crippen LogP contribution >= 0.6 is 0 Å². The first kappa shape index (κ1) is 14.0. The number of hydrogen-bond acceptors (Lipinski definition) is 4. The maximum Gasteiger partial charge on any atom is 0.299 e. The maximum absolute atomic E-state index is 13.1. The van der Waals surface area contributed by atoms with Gasteiger partial charge in [-0.2, -0.15) is 0 Å². The van der Waals surface area contributed by atoms with Crippen molar-refractivity contribution in [3.05, 3.63) is 66.1 Å². The molecule has 0 bridgehead atoms. The minimum Gasteiger partial charge on any atom is -0.423 e. The number of oxazole rings is 1. The Morgan fingerprint density at radius 2 is 2.00 bits per heavy atom. The molecule has 1 aromatic heterocycles. The molecule has 4 nitrogen and oxygen atoms in total. The van der Waals surface area contributed by atoms with Gasteiger partial charge < -0.3 is 9.73 Å². The molecule has 1 heterocycles. The minimum absolute atomic E-state index is 0.0144. The van der Waals surface area contributed by atoms with Crippen LogP contribution in [0, 0.1) is 5.82 Å². The molecule has 22 heavy (non-hydrogen) atoms. The molecule has 0 saturated carbocycles. The molecule has 3 aromatic rings. The number of carbonyl (C=O) groups is 1. The summed E-state index contributed by atoms with van der Waals surface area (Å²) in [5.41, 5.74) is 1.91. The minimum atomic E-state index is -0.342. The predicted molar refractivity (Wildman–Crippen MR) is 81.6 cm³/mol. The number of halogens is 1. The van der Waals surface area contributed by atoms with Gasteiger partial charge in [0.15, 0.2) is 11.5 Å². The Bertz CT molecular complexity index is 827. The molecule has 0 fully saturated rings. The molecule has 5 heteroatoms. The van der Waals surface area contributed by atoms with Crippen molar-refractivity contribution in [1.29, 1.82) is 0 Å². The summed E-state index contributed by atoms with van der Waals surface area (Å²) >= 11 is 0. The van der Waals surface area contributed by atoms with Crippen LogP contribution in [0.4, 0.5) is 16.1 Å². The summed E-state index contributed by atoms with van der Waals surface area (Å²) in [4.78, 5) is 15.5. The number of nitrogens with zero attached hydrogens (tertiary/aromatic N) is 1. The van der Waals surface area contributed by atoms with Gasteiger partial charge in [0, 0.05) is 16.8 Å². The van der Waals surface area contributed by atoms with E-state index in [-0.39, 0.29) is 17.6 Å². The molecule has 0 unspecified atom stereocenters. The van der Waals surface area contributed by atoms with Gasteiger partial charge in [0.25, 0.3) is 6.01 Å². The third-order valence-corrected chi connectivity index (χ3v) is 3.14. The Balaban J connectivity index is 1.84. The Morgan fingerprint density at radius 1 is 1.18 bits per heavy atom. The van der Waals surface area contributed by atoms with E-state index in [1.807, 2.05) is 6.07 Å². The second-order valence-electron chi connectivity index (χ2n) is 4.80. The van der Waals surface area contributed by atoms with E-state index in [1.165, 1.54) is 19.1 Å². The van der Waals surface area contributed by atoms with Gasteiger partial charge in [-0.3, -0.25) is 4.79 Å². The summed E-state index contributed by atoms with van der Waals surface area (Å²) in [6.45, 7) is 1.51. The summed E-state index contributed by atoms with van der Waals surface area (Å²) in [6.07, 6.45) is 1.56. The first-order valence-corrected chi connectivity index (χ1v) is 6.71. The second-order valence-corrected chi connectivity index (χ2v) is 4.80. The number of anilines is 2. The van der Waals surface area contributed by atoms with Crippen molar-refractivity contribution < 1.29 is 13.6 Å². The van der Waals surface area contributed by atoms with Gasteiger partial charge in [0.05, 0.1) is 6.20 Å². The largest absolute Gasteiger partial charge is 0.423 e. The average Bonchev–Trinajstić information content (AvgIpc) is 2.96. The molecule has 0 aliphatic heterocycles. The lowest BCUT2D eigenvalue weighted by atomic mass is 10.1. The molecule has 110 valence electrons. The zero-order chi connectivity index (χ0) is 15.5. The number of benzene rings is 2. The number of rotatable bonds is 4. The normalized spacial score (nSPS) is 10.5. The maximum atomic E-state index is 13.1. The van der Waals surface area contributed by atoms with Gasteiger partial charge >= 0.3 is 0 Å². The standard InChI is InChI=1S/C17H13FN2O2/c1-11(21)12-4-2-5-13(8-12)16-10-19-17(22-16)20-15-7-3-6-14(18)9-15/h2-10H,1H3,(H,19,20). The topological polar surface area (TPSA) is 55.1 Å². The third kappa shape index (κ3) is 3.03. The monoisotopic (exact) mass is 296 g/mol. The number of Topliss-reactive ketones (excluding diaryl/α,β-unsaturated/α-hetero) is 1. The van der Waals surface area contributed by atoms with Crippen LogP contribution in [0.15, 0.2) is 59.1 Å². The predicted octanol–water partition coefficient (Wildman–Crippen LogP) is 4.43. The SMILES string of the molecule is CC(=O)c1cccc(-c2cnc(Nc3cccc(F)c3)o2)c1. The Labute approximate surface area is 126 Å². The van der Waals surface area contributed by atoms with Gasteiger partial charge in [-0.15, -0.1) is 0 Å². The molecule has 0 saturated heterocycles. The number of ketones is 1. The molecule has 3 rings (SSSR count). The van der Waals surface area contributed by atoms with E-state index in [0.717, 1.165) is 5.56 Å². The second kappa shape index (κ2) is 5.81. The summed E-state index contributed by atoms with van der Waals surface area (Å²) in [5.74, 6) is 0.174. The van der Waals surface area contributed by atoms with E-state index in [4.69, 9.17) is 4.42 Å². The molecule has 0 aliphatic rings. The van der Waals surface area contributed by atoms with Crippen molar-refractivity contribution in [3.63, 3.8) is 0 Å². The van der Waals surface area contributed by atoms with Gasteiger partial charge in [-0.25, -0.2) is 9.37 Å². The van der Waals surface area contributed by atoms with Crippen LogP contribution in [0.25, 0.3) is 11.3 Å². The van der Waals surface area contributed by atoms with Crippen LogP contribution < -0.4 is 5.32 Å². The van der Waals surface area contributed by atoms with E-state index < -0.39 is 0 Å². The van der Waals surface area contributed by atoms with E-state index in [2.05, 4.69) is 10.3 Å². The fourth-order valence-corrected chi connectivity index (χ4v) is 2.05. The molecule has 0 radical (unpaired) electrons. The number of hydrogen-bond donors (Lipinski definition) is 1. The van der Waals surface area contributed by atoms with Crippen molar-refractivity contribution in [1.82, 2.24) is 4.98 Å². The van der Waals surface area contributed by atoms with Crippen molar-refractivity contribution in [2.45, 2.75) is 6.92 Å². The molecule has 0 spiro atoms. The van der Waals surface area contributed by atoms with Crippen molar-refractivity contribution >= 4 is 17.5 Å². The van der Waals surface area contributed by atoms with E-state index in [1.54, 1.807) is 36.5 Å². The van der Waals surface area contributed by atoms with E-state index in [0.29, 0.717) is 17.0 Å². The lowest BCUT2D eigenvalue weighted by Crippen LogP contribution is -1.91. The highest BCUT2D eigenvalue weighted by molar-refractivity contribution is 5.95. The Kier molecular flexibility index (Phi) is 3.70. The summed E-state index contributed by atoms with van der Waals surface area (Å²) in [5, 5.41) is 2.89. The van der Waals surface area contributed by atoms with Gasteiger partial charge in [0.2, 0.25) is 0 Å². The van der Waals surface area contributed by atoms with Crippen LogP contribution in [0.2, 0.25) is 0 Å². The number of carbonyl (C=O) groups excluding carboxylic acids is 1. The molecule has 0 aliphatic carbocycles. The fourth-order valence-electron chi connectivity index (χ4n) is 2.05. The molecule has 0 atom stereocenters. The molecular weight excluding hydrogens is 283 g/mol. The van der Waals surface area contributed by atoms with Crippen LogP contribution in [0.1, 0.15) is 17.3 Å². The molecule has 2 aromatic carbocycles. The van der Waals surface area contributed by atoms with Crippen LogP contribution in [0.5, 0.6) is 0 Å². The molecular formula is C17H13FN2O2. The third-order valence-electron chi connectivity index (χ3n) is 3.14. The van der Waals surface area contributed by atoms with Crippen LogP contribution in [-0.4, -0.2) is 10.8 Å². The Morgan fingerprint density at radius 3 is 2.77 bits per heavy atom. The highest BCUT2D eigenvalue weighted by Crippen LogP contribution is 2.25. The van der Waals surface area contributed by atoms with Gasteiger partial charge in [-0.1, -0.05) is 24.3 Å². The molecule has 1 N–H and O–H groups in total. The number of aromatic nitrogens is 1. The average molecular weight is 296 g/mol. The highest BCUT2D eigenvalue weighted by atomic mass is 19.1. The van der Waals surface area contributed by atoms with Crippen molar-refractivity contribution in [3.8, 4) is 11.3 Å². The fraction of sp³-hybridized carbons (Fsp3) is 0.0588. The first-order chi connectivity index (χ1) is 10.6. The van der Waals surface area contributed by atoms with Crippen LogP contribution in [0.3, 0.4) is 0 Å². The smallest absolute Gasteiger partial charge is 0.299 e. The zero-order valence-electron chi connectivity index (χ0n) is 11.8. The van der Waals surface area contributed by atoms with Crippen molar-refractivity contribution in [2.75, 3.05) is 5.32 Å². The summed E-state index contributed by atoms with van der Waals surface area (Å²) in [6, 6.07) is 13.4. The lowest BCUT2D eigenvalue weighted by molar-refractivity contribution is 0.101. The quantitative estimate of drug-likeness (QED) is 0.724. The highest BCUT2D eigenvalue weighted by Gasteiger charge is 2.09. The number of nitrogens with one attached hydrogen (secondary N) is 1. The van der Waals surface area contributed by atoms with Gasteiger partial charge in [0.1, 0.15) is 5.82 Å². The van der Waals surface area contributed by atoms with E-state index >= 15 is 0 Å². The summed E-state index contributed by atoms with van der Waals surface area (Å²) < 4.78 is 18.7. The van der Waals surface area contributed by atoms with Gasteiger partial charge in [-0.05, 0) is 31.2 Å². The molecule has 0 amide bonds. The first-order valence-electron chi connectivity index (χ1n) is 6.71. The Hall–Kier alpha value is -2.95. The lowest BCUT2D eigenvalue weighted by Gasteiger charge is -2.02. The zero-order valence-corrected chi connectivity index (χ0v) is 11.8. The van der Waals surface area contributed by atoms with E-state index in [9.17, 15) is 9.18 Å². The van der Waals surface area contributed by atoms with Crippen molar-refractivity contribution in [2.24, 2.45) is 0 Å². The summed E-state index contributed by atoms with van der Waals surface area (Å²) in [7, 11) is 0. The van der Waals surface area contributed by atoms with Crippen LogP contribution in [-0.2, 0) is 0 Å².